The van der Waals surface area contributed by atoms with Gasteiger partial charge in [-0.05, 0) is 18.9 Å². The Kier molecular flexibility index (Phi) is 4.47. The van der Waals surface area contributed by atoms with Crippen molar-refractivity contribution in [3.05, 3.63) is 24.3 Å². The van der Waals surface area contributed by atoms with E-state index in [-0.39, 0.29) is 11.2 Å². The molecule has 120 valence electrons. The third-order valence-electron chi connectivity index (χ3n) is 3.74. The molecule has 1 amide bonds. The summed E-state index contributed by atoms with van der Waals surface area (Å²) in [5.74, 6) is -0.352. The zero-order valence-corrected chi connectivity index (χ0v) is 14.0. The van der Waals surface area contributed by atoms with E-state index in [1.165, 1.54) is 11.8 Å². The van der Waals surface area contributed by atoms with Crippen molar-refractivity contribution in [3.8, 4) is 0 Å². The van der Waals surface area contributed by atoms with Crippen LogP contribution in [0.25, 0.3) is 22.1 Å². The summed E-state index contributed by atoms with van der Waals surface area (Å²) in [6, 6.07) is 8.10. The molecule has 0 spiro atoms. The van der Waals surface area contributed by atoms with Crippen molar-refractivity contribution in [1.82, 2.24) is 19.7 Å². The highest BCUT2D eigenvalue weighted by atomic mass is 32.2. The van der Waals surface area contributed by atoms with Gasteiger partial charge in [0.05, 0.1) is 10.8 Å². The monoisotopic (exact) mass is 329 g/mol. The van der Waals surface area contributed by atoms with Gasteiger partial charge in [0, 0.05) is 11.9 Å². The van der Waals surface area contributed by atoms with Gasteiger partial charge >= 0.3 is 0 Å². The first-order valence-electron chi connectivity index (χ1n) is 7.73. The Balaban J connectivity index is 2.13. The SMILES string of the molecule is CCCn1c2ccccc2c2nnc(S[C@@H](CC)C(N)=O)nc21. The predicted molar refractivity (Wildman–Crippen MR) is 92.3 cm³/mol. The van der Waals surface area contributed by atoms with E-state index in [0.717, 1.165) is 35.0 Å². The highest BCUT2D eigenvalue weighted by Gasteiger charge is 2.19. The highest BCUT2D eigenvalue weighted by Crippen LogP contribution is 2.28. The third-order valence-corrected chi connectivity index (χ3v) is 4.97. The van der Waals surface area contributed by atoms with Crippen LogP contribution in [0.1, 0.15) is 26.7 Å². The van der Waals surface area contributed by atoms with Crippen LogP contribution in [0.15, 0.2) is 29.4 Å². The van der Waals surface area contributed by atoms with Gasteiger partial charge in [-0.1, -0.05) is 43.8 Å². The lowest BCUT2D eigenvalue weighted by Crippen LogP contribution is -2.25. The summed E-state index contributed by atoms with van der Waals surface area (Å²) >= 11 is 1.28. The van der Waals surface area contributed by atoms with Crippen molar-refractivity contribution in [3.63, 3.8) is 0 Å². The molecule has 0 aliphatic carbocycles. The van der Waals surface area contributed by atoms with E-state index >= 15 is 0 Å². The molecule has 7 heteroatoms. The molecule has 0 unspecified atom stereocenters. The molecule has 1 aromatic carbocycles. The minimum Gasteiger partial charge on any atom is -0.369 e. The van der Waals surface area contributed by atoms with Crippen LogP contribution in [0.5, 0.6) is 0 Å². The largest absolute Gasteiger partial charge is 0.369 e. The third kappa shape index (κ3) is 2.88. The number of hydrogen-bond donors (Lipinski definition) is 1. The number of amides is 1. The van der Waals surface area contributed by atoms with Crippen molar-refractivity contribution < 1.29 is 4.79 Å². The summed E-state index contributed by atoms with van der Waals surface area (Å²) < 4.78 is 2.16. The van der Waals surface area contributed by atoms with Crippen LogP contribution in [0.2, 0.25) is 0 Å². The van der Waals surface area contributed by atoms with Crippen molar-refractivity contribution >= 4 is 39.7 Å². The van der Waals surface area contributed by atoms with Gasteiger partial charge < -0.3 is 10.3 Å². The average Bonchev–Trinajstić information content (AvgIpc) is 2.87. The number of aromatic nitrogens is 4. The molecule has 0 saturated heterocycles. The van der Waals surface area contributed by atoms with Crippen molar-refractivity contribution in [2.24, 2.45) is 5.73 Å². The standard InChI is InChI=1S/C16H19N5OS/c1-3-9-21-11-8-6-5-7-10(11)13-15(21)18-16(20-19-13)23-12(4-2)14(17)22/h5-8,12H,3-4,9H2,1-2H3,(H2,17,22)/t12-/m0/s1. The fraction of sp³-hybridized carbons (Fsp3) is 0.375. The number of carbonyl (C=O) groups excluding carboxylic acids is 1. The number of benzene rings is 1. The maximum absolute atomic E-state index is 11.4. The van der Waals surface area contributed by atoms with Crippen LogP contribution in [0.4, 0.5) is 0 Å². The highest BCUT2D eigenvalue weighted by molar-refractivity contribution is 8.00. The van der Waals surface area contributed by atoms with Crippen LogP contribution >= 0.6 is 11.8 Å². The number of fused-ring (bicyclic) bond motifs is 3. The normalized spacial score (nSPS) is 12.8. The van der Waals surface area contributed by atoms with Crippen LogP contribution in [0, 0.1) is 0 Å². The van der Waals surface area contributed by atoms with Crippen LogP contribution in [-0.2, 0) is 11.3 Å². The lowest BCUT2D eigenvalue weighted by molar-refractivity contribution is -0.117. The Morgan fingerprint density at radius 1 is 1.30 bits per heavy atom. The van der Waals surface area contributed by atoms with Crippen LogP contribution < -0.4 is 5.73 Å². The molecule has 2 N–H and O–H groups in total. The molecule has 1 atom stereocenters. The molecule has 23 heavy (non-hydrogen) atoms. The van der Waals surface area contributed by atoms with E-state index in [4.69, 9.17) is 5.73 Å². The van der Waals surface area contributed by atoms with E-state index in [2.05, 4.69) is 32.7 Å². The number of nitrogens with zero attached hydrogens (tertiary/aromatic N) is 4. The van der Waals surface area contributed by atoms with E-state index < -0.39 is 0 Å². The summed E-state index contributed by atoms with van der Waals surface area (Å²) in [6.45, 7) is 4.91. The van der Waals surface area contributed by atoms with Gasteiger partial charge in [0.2, 0.25) is 11.1 Å². The second-order valence-corrected chi connectivity index (χ2v) is 6.52. The van der Waals surface area contributed by atoms with Gasteiger partial charge in [-0.25, -0.2) is 4.98 Å². The number of nitrogens with two attached hydrogens (primary N) is 1. The maximum Gasteiger partial charge on any atom is 0.231 e. The second-order valence-electron chi connectivity index (χ2n) is 5.35. The molecule has 0 bridgehead atoms. The average molecular weight is 329 g/mol. The van der Waals surface area contributed by atoms with Crippen molar-refractivity contribution in [1.29, 1.82) is 0 Å². The number of primary amides is 1. The summed E-state index contributed by atoms with van der Waals surface area (Å²) in [6.07, 6.45) is 1.64. The Labute approximate surface area is 138 Å². The van der Waals surface area contributed by atoms with Gasteiger partial charge in [-0.2, -0.15) is 0 Å². The molecular weight excluding hydrogens is 310 g/mol. The fourth-order valence-electron chi connectivity index (χ4n) is 2.66. The van der Waals surface area contributed by atoms with Gasteiger partial charge in [0.25, 0.3) is 0 Å². The minimum absolute atomic E-state index is 0.335. The van der Waals surface area contributed by atoms with Crippen LogP contribution in [-0.4, -0.2) is 30.9 Å². The fourth-order valence-corrected chi connectivity index (χ4v) is 3.42. The summed E-state index contributed by atoms with van der Waals surface area (Å²) in [4.78, 5) is 16.1. The molecule has 2 aromatic heterocycles. The van der Waals surface area contributed by atoms with Gasteiger partial charge in [0.15, 0.2) is 5.65 Å². The van der Waals surface area contributed by atoms with E-state index in [9.17, 15) is 4.79 Å². The minimum atomic E-state index is -0.352. The molecule has 0 saturated carbocycles. The number of para-hydroxylation sites is 1. The number of hydrogen-bond acceptors (Lipinski definition) is 5. The molecule has 2 heterocycles. The molecule has 6 nitrogen and oxygen atoms in total. The van der Waals surface area contributed by atoms with Gasteiger partial charge in [0.1, 0.15) is 5.52 Å². The Hall–Kier alpha value is -2.15. The lowest BCUT2D eigenvalue weighted by atomic mass is 10.2. The molecule has 0 aliphatic rings. The van der Waals surface area contributed by atoms with Gasteiger partial charge in [-0.15, -0.1) is 10.2 Å². The maximum atomic E-state index is 11.4. The zero-order valence-electron chi connectivity index (χ0n) is 13.2. The summed E-state index contributed by atoms with van der Waals surface area (Å²) in [5.41, 5.74) is 8.12. The van der Waals surface area contributed by atoms with E-state index in [1.54, 1.807) is 0 Å². The zero-order chi connectivity index (χ0) is 16.4. The Bertz CT molecular complexity index is 860. The number of aryl methyl sites for hydroxylation is 1. The van der Waals surface area contributed by atoms with E-state index in [0.29, 0.717) is 11.6 Å². The summed E-state index contributed by atoms with van der Waals surface area (Å²) in [7, 11) is 0. The summed E-state index contributed by atoms with van der Waals surface area (Å²) in [5, 5.41) is 9.74. The molecule has 0 fully saturated rings. The predicted octanol–water partition coefficient (Wildman–Crippen LogP) is 2.75. The Morgan fingerprint density at radius 2 is 2.09 bits per heavy atom. The first kappa shape index (κ1) is 15.7. The molecular formula is C16H19N5OS. The molecule has 3 rings (SSSR count). The number of thioether (sulfide) groups is 1. The van der Waals surface area contributed by atoms with Gasteiger partial charge in [-0.3, -0.25) is 4.79 Å². The second kappa shape index (κ2) is 6.54. The Morgan fingerprint density at radius 3 is 2.78 bits per heavy atom. The molecule has 3 aromatic rings. The number of rotatable bonds is 6. The number of carbonyl (C=O) groups is 1. The smallest absolute Gasteiger partial charge is 0.231 e. The van der Waals surface area contributed by atoms with Crippen molar-refractivity contribution in [2.45, 2.75) is 43.6 Å². The molecule has 0 radical (unpaired) electrons. The quantitative estimate of drug-likeness (QED) is 0.703. The molecule has 0 aliphatic heterocycles. The lowest BCUT2D eigenvalue weighted by Gasteiger charge is -2.09. The van der Waals surface area contributed by atoms with Crippen LogP contribution in [0.3, 0.4) is 0 Å². The van der Waals surface area contributed by atoms with Crippen molar-refractivity contribution in [2.75, 3.05) is 0 Å². The first-order chi connectivity index (χ1) is 11.2. The first-order valence-corrected chi connectivity index (χ1v) is 8.61. The van der Waals surface area contributed by atoms with E-state index in [1.807, 2.05) is 25.1 Å². The topological polar surface area (TPSA) is 86.7 Å².